The summed E-state index contributed by atoms with van der Waals surface area (Å²) < 4.78 is 12.3. The van der Waals surface area contributed by atoms with Gasteiger partial charge in [-0.15, -0.1) is 0 Å². The fourth-order valence-corrected chi connectivity index (χ4v) is 3.53. The van der Waals surface area contributed by atoms with E-state index in [4.69, 9.17) is 12.4 Å². The molecule has 13 heavy (non-hydrogen) atoms. The molecule has 0 bridgehead atoms. The van der Waals surface area contributed by atoms with E-state index in [1.54, 1.807) is 0 Å². The number of unbranched alkanes of at least 4 members (excludes halogenated alkanes) is 2. The van der Waals surface area contributed by atoms with Crippen LogP contribution in [0.4, 0.5) is 0 Å². The van der Waals surface area contributed by atoms with E-state index in [-0.39, 0.29) is 0 Å². The summed E-state index contributed by atoms with van der Waals surface area (Å²) in [5, 5.41) is 0. The molecule has 0 aliphatic rings. The zero-order valence-electron chi connectivity index (χ0n) is 8.84. The predicted octanol–water partition coefficient (Wildman–Crippen LogP) is 2.05. The summed E-state index contributed by atoms with van der Waals surface area (Å²) in [6, 6.07) is 0. The van der Waals surface area contributed by atoms with Gasteiger partial charge in [0.2, 0.25) is 0 Å². The molecule has 2 N–H and O–H groups in total. The molecule has 0 aromatic rings. The first kappa shape index (κ1) is 13.6. The van der Waals surface area contributed by atoms with Crippen molar-refractivity contribution in [3.05, 3.63) is 0 Å². The van der Waals surface area contributed by atoms with E-state index >= 15 is 0 Å². The molecule has 0 saturated carbocycles. The molecule has 0 rings (SSSR count). The van der Waals surface area contributed by atoms with Crippen LogP contribution in [0.3, 0.4) is 0 Å². The van der Waals surface area contributed by atoms with Crippen LogP contribution >= 0.6 is 0 Å². The molecule has 0 aromatic heterocycles. The quantitative estimate of drug-likeness (QED) is 0.481. The molecule has 0 aliphatic heterocycles. The molecule has 3 nitrogen and oxygen atoms in total. The zero-order chi connectivity index (χ0) is 9.94. The minimum absolute atomic E-state index is 0.798. The molecule has 0 unspecified atom stereocenters. The first-order valence-electron chi connectivity index (χ1n) is 5.16. The normalized spacial score (nSPS) is 10.4. The molecule has 0 radical (unpaired) electrons. The zero-order valence-corrected chi connectivity index (χ0v) is 10.4. The Morgan fingerprint density at radius 3 is 2.08 bits per heavy atom. The third-order valence-corrected chi connectivity index (χ3v) is 4.79. The first-order valence-corrected chi connectivity index (χ1v) is 7.54. The summed E-state index contributed by atoms with van der Waals surface area (Å²) in [7, 11) is 0. The molecule has 79 valence electrons. The number of nitrogens with two attached hydrogens (primary N) is 1. The Morgan fingerprint density at radius 2 is 1.62 bits per heavy atom. The second kappa shape index (κ2) is 10.7. The van der Waals surface area contributed by atoms with Gasteiger partial charge in [0, 0.05) is 0 Å². The molecular weight excluding hydrogens is 202 g/mol. The van der Waals surface area contributed by atoms with Crippen molar-refractivity contribution in [3.63, 3.8) is 0 Å². The molecular formula is C9H22NO2Ti. The van der Waals surface area contributed by atoms with Crippen LogP contribution in [0.15, 0.2) is 0 Å². The molecule has 4 heteroatoms. The molecule has 0 atom stereocenters. The Morgan fingerprint density at radius 1 is 1.00 bits per heavy atom. The fraction of sp³-hybridized carbons (Fsp3) is 1.00. The van der Waals surface area contributed by atoms with Crippen molar-refractivity contribution in [1.82, 2.24) is 0 Å². The average Bonchev–Trinajstić information content (AvgIpc) is 2.13. The Labute approximate surface area is 88.8 Å². The number of hydrogen-bond donors (Lipinski definition) is 1. The Balaban J connectivity index is 3.33. The van der Waals surface area contributed by atoms with Crippen LogP contribution in [0.5, 0.6) is 0 Å². The minimum atomic E-state index is -1.58. The SMILES string of the molecule is CC[O][Ti]([CH2]CCCCN)[O]CC. The van der Waals surface area contributed by atoms with Crippen molar-refractivity contribution in [3.8, 4) is 0 Å². The van der Waals surface area contributed by atoms with Crippen LogP contribution in [0, 0.1) is 0 Å². The third-order valence-electron chi connectivity index (χ3n) is 1.70. The van der Waals surface area contributed by atoms with Crippen molar-refractivity contribution in [2.75, 3.05) is 19.8 Å². The molecule has 0 fully saturated rings. The van der Waals surface area contributed by atoms with Gasteiger partial charge in [-0.1, -0.05) is 0 Å². The van der Waals surface area contributed by atoms with Gasteiger partial charge in [0.1, 0.15) is 0 Å². The summed E-state index contributed by atoms with van der Waals surface area (Å²) in [5.74, 6) is 0. The van der Waals surface area contributed by atoms with Crippen molar-refractivity contribution in [2.24, 2.45) is 5.73 Å². The van der Waals surface area contributed by atoms with Gasteiger partial charge in [-0.2, -0.15) is 0 Å². The Bertz CT molecular complexity index is 97.6. The summed E-state index contributed by atoms with van der Waals surface area (Å²) >= 11 is -1.58. The van der Waals surface area contributed by atoms with Crippen molar-refractivity contribution >= 4 is 0 Å². The number of hydrogen-bond acceptors (Lipinski definition) is 3. The van der Waals surface area contributed by atoms with E-state index in [1.165, 1.54) is 12.8 Å². The molecule has 0 aromatic carbocycles. The maximum atomic E-state index is 5.58. The topological polar surface area (TPSA) is 44.5 Å². The summed E-state index contributed by atoms with van der Waals surface area (Å²) in [6.07, 6.45) is 3.56. The predicted molar refractivity (Wildman–Crippen MR) is 51.0 cm³/mol. The second-order valence-electron chi connectivity index (χ2n) is 2.84. The second-order valence-corrected chi connectivity index (χ2v) is 5.68. The van der Waals surface area contributed by atoms with Gasteiger partial charge in [-0.3, -0.25) is 0 Å². The molecule has 0 aliphatic carbocycles. The van der Waals surface area contributed by atoms with Gasteiger partial charge in [0.25, 0.3) is 0 Å². The van der Waals surface area contributed by atoms with Crippen LogP contribution in [0.25, 0.3) is 0 Å². The van der Waals surface area contributed by atoms with Gasteiger partial charge < -0.3 is 0 Å². The molecule has 0 saturated heterocycles. The van der Waals surface area contributed by atoms with Gasteiger partial charge >= 0.3 is 88.6 Å². The Hall–Kier alpha value is 0.594. The summed E-state index contributed by atoms with van der Waals surface area (Å²) in [6.45, 7) is 6.47. The van der Waals surface area contributed by atoms with Gasteiger partial charge in [-0.25, -0.2) is 0 Å². The van der Waals surface area contributed by atoms with Crippen LogP contribution in [-0.2, 0) is 25.3 Å². The fourth-order valence-electron chi connectivity index (χ4n) is 1.10. The van der Waals surface area contributed by atoms with Gasteiger partial charge in [0.15, 0.2) is 0 Å². The third kappa shape index (κ3) is 8.91. The van der Waals surface area contributed by atoms with E-state index in [0.717, 1.165) is 30.9 Å². The van der Waals surface area contributed by atoms with E-state index in [0.29, 0.717) is 0 Å². The average molecular weight is 224 g/mol. The van der Waals surface area contributed by atoms with Crippen LogP contribution in [0.2, 0.25) is 4.73 Å². The monoisotopic (exact) mass is 224 g/mol. The molecule has 0 amide bonds. The van der Waals surface area contributed by atoms with Crippen LogP contribution in [-0.4, -0.2) is 19.8 Å². The summed E-state index contributed by atoms with van der Waals surface area (Å²) in [5.41, 5.74) is 5.41. The van der Waals surface area contributed by atoms with Crippen LogP contribution < -0.4 is 5.73 Å². The Kier molecular flexibility index (Phi) is 11.2. The van der Waals surface area contributed by atoms with Gasteiger partial charge in [0.05, 0.1) is 0 Å². The van der Waals surface area contributed by atoms with E-state index in [9.17, 15) is 0 Å². The van der Waals surface area contributed by atoms with Gasteiger partial charge in [-0.05, 0) is 0 Å². The first-order chi connectivity index (χ1) is 6.35. The maximum absolute atomic E-state index is 5.58. The van der Waals surface area contributed by atoms with Crippen molar-refractivity contribution < 1.29 is 25.3 Å². The van der Waals surface area contributed by atoms with Crippen LogP contribution in [0.1, 0.15) is 33.1 Å². The summed E-state index contributed by atoms with van der Waals surface area (Å²) in [4.78, 5) is 0. The number of rotatable bonds is 9. The molecule has 0 heterocycles. The van der Waals surface area contributed by atoms with E-state index in [2.05, 4.69) is 0 Å². The van der Waals surface area contributed by atoms with E-state index < -0.39 is 18.6 Å². The van der Waals surface area contributed by atoms with Crippen molar-refractivity contribution in [1.29, 1.82) is 0 Å². The molecule has 0 spiro atoms. The van der Waals surface area contributed by atoms with E-state index in [1.807, 2.05) is 13.8 Å². The van der Waals surface area contributed by atoms with Crippen molar-refractivity contribution in [2.45, 2.75) is 37.8 Å². The standard InChI is InChI=1S/C5H12N.2C2H5O.Ti/c1-2-3-4-5-6;2*1-2-3;/h1-6H2;2*2H2,1H3;/q;2*-1;+2.